The molecule has 1 unspecified atom stereocenters. The Morgan fingerprint density at radius 1 is 1.12 bits per heavy atom. The van der Waals surface area contributed by atoms with Crippen LogP contribution in [-0.2, 0) is 20.4 Å². The molecule has 1 aromatic heterocycles. The quantitative estimate of drug-likeness (QED) is 0.764. The third-order valence-corrected chi connectivity index (χ3v) is 6.64. The van der Waals surface area contributed by atoms with Crippen LogP contribution >= 0.6 is 0 Å². The molecule has 142 valence electrons. The second-order valence-electron chi connectivity index (χ2n) is 8.70. The lowest BCUT2D eigenvalue weighted by Gasteiger charge is -2.23. The Labute approximate surface area is 157 Å². The number of hydrogen-bond donors (Lipinski definition) is 1. The second kappa shape index (κ2) is 7.40. The van der Waals surface area contributed by atoms with Gasteiger partial charge in [-0.15, -0.1) is 0 Å². The lowest BCUT2D eigenvalue weighted by molar-refractivity contribution is -0.139. The maximum absolute atomic E-state index is 12.6. The van der Waals surface area contributed by atoms with Gasteiger partial charge >= 0.3 is 5.97 Å². The highest BCUT2D eigenvalue weighted by Crippen LogP contribution is 2.26. The smallest absolute Gasteiger partial charge is 0.315 e. The first-order valence-corrected chi connectivity index (χ1v) is 15.8. The van der Waals surface area contributed by atoms with Crippen molar-refractivity contribution in [3.8, 4) is 0 Å². The topological polar surface area (TPSA) is 60.3 Å². The lowest BCUT2D eigenvalue weighted by atomic mass is 10.1. The molecule has 0 aliphatic rings. The van der Waals surface area contributed by atoms with Gasteiger partial charge in [0.2, 0.25) is 14.2 Å². The van der Waals surface area contributed by atoms with Gasteiger partial charge in [0.15, 0.2) is 8.24 Å². The van der Waals surface area contributed by atoms with Crippen LogP contribution in [-0.4, -0.2) is 38.7 Å². The van der Waals surface area contributed by atoms with Gasteiger partial charge in [-0.3, -0.25) is 9.59 Å². The molecule has 2 rings (SSSR count). The van der Waals surface area contributed by atoms with Crippen molar-refractivity contribution < 1.29 is 14.0 Å². The van der Waals surface area contributed by atoms with Crippen molar-refractivity contribution in [1.29, 1.82) is 0 Å². The fourth-order valence-corrected chi connectivity index (χ4v) is 5.21. The van der Waals surface area contributed by atoms with Gasteiger partial charge in [0.05, 0.1) is 0 Å². The van der Waals surface area contributed by atoms with Gasteiger partial charge in [-0.05, 0) is 37.5 Å². The first-order chi connectivity index (χ1) is 11.9. The van der Waals surface area contributed by atoms with Crippen LogP contribution in [0.1, 0.15) is 12.5 Å². The highest BCUT2D eigenvalue weighted by Gasteiger charge is 2.29. The van der Waals surface area contributed by atoms with Crippen molar-refractivity contribution >= 4 is 39.3 Å². The predicted molar refractivity (Wildman–Crippen MR) is 111 cm³/mol. The Morgan fingerprint density at radius 2 is 1.73 bits per heavy atom. The molecule has 1 atom stereocenters. The van der Waals surface area contributed by atoms with Gasteiger partial charge in [0, 0.05) is 24.2 Å². The number of aromatic nitrogens is 1. The number of benzene rings is 1. The van der Waals surface area contributed by atoms with E-state index in [9.17, 15) is 9.59 Å². The molecule has 0 bridgehead atoms. The fourth-order valence-electron chi connectivity index (χ4n) is 3.00. The number of rotatable bonds is 6. The van der Waals surface area contributed by atoms with Crippen molar-refractivity contribution in [1.82, 2.24) is 9.55 Å². The van der Waals surface area contributed by atoms with Crippen LogP contribution in [0.3, 0.4) is 0 Å². The molecule has 7 heteroatoms. The van der Waals surface area contributed by atoms with E-state index in [-0.39, 0.29) is 11.9 Å². The molecular formula is C19H30N2O3Si2. The largest absolute Gasteiger partial charge is 0.518 e. The lowest BCUT2D eigenvalue weighted by Crippen LogP contribution is -2.45. The molecule has 26 heavy (non-hydrogen) atoms. The normalized spacial score (nSPS) is 13.5. The maximum atomic E-state index is 12.6. The van der Waals surface area contributed by atoms with E-state index in [1.807, 2.05) is 31.8 Å². The molecule has 1 aromatic carbocycles. The van der Waals surface area contributed by atoms with Gasteiger partial charge in [-0.2, -0.15) is 0 Å². The van der Waals surface area contributed by atoms with E-state index in [0.29, 0.717) is 6.42 Å². The standard InChI is InChI=1S/C19H30N2O3Si2/c1-14(22)20-17(19(23)24-26(5,6)7)12-15-13-21(25(2,3)4)18-11-9-8-10-16(15)18/h8-11,13,17H,12H2,1-7H3,(H,20,22). The molecule has 0 fully saturated rings. The van der Waals surface area contributed by atoms with E-state index in [1.54, 1.807) is 0 Å². The third kappa shape index (κ3) is 5.08. The minimum Gasteiger partial charge on any atom is -0.518 e. The minimum atomic E-state index is -2.03. The van der Waals surface area contributed by atoms with Crippen molar-refractivity contribution in [2.24, 2.45) is 0 Å². The van der Waals surface area contributed by atoms with Crippen molar-refractivity contribution in [3.05, 3.63) is 36.0 Å². The van der Waals surface area contributed by atoms with E-state index < -0.39 is 22.6 Å². The van der Waals surface area contributed by atoms with Crippen LogP contribution in [0, 0.1) is 0 Å². The van der Waals surface area contributed by atoms with E-state index in [1.165, 1.54) is 12.4 Å². The Bertz CT molecular complexity index is 816. The van der Waals surface area contributed by atoms with Crippen molar-refractivity contribution in [2.45, 2.75) is 58.7 Å². The summed E-state index contributed by atoms with van der Waals surface area (Å²) in [6.07, 6.45) is 2.58. The number of nitrogens with one attached hydrogen (secondary N) is 1. The zero-order valence-corrected chi connectivity index (χ0v) is 18.8. The summed E-state index contributed by atoms with van der Waals surface area (Å²) in [5.74, 6) is -0.569. The van der Waals surface area contributed by atoms with Gasteiger partial charge in [0.1, 0.15) is 6.04 Å². The summed E-state index contributed by atoms with van der Waals surface area (Å²) in [6, 6.07) is 7.57. The molecule has 1 N–H and O–H groups in total. The minimum absolute atomic E-state index is 0.225. The summed E-state index contributed by atoms with van der Waals surface area (Å²) in [5, 5.41) is 3.90. The van der Waals surface area contributed by atoms with Crippen LogP contribution in [0.2, 0.25) is 39.3 Å². The highest BCUT2D eigenvalue weighted by atomic mass is 28.4. The summed E-state index contributed by atoms with van der Waals surface area (Å²) in [6.45, 7) is 14.2. The number of hydrogen-bond acceptors (Lipinski definition) is 3. The summed E-state index contributed by atoms with van der Waals surface area (Å²) < 4.78 is 8.00. The Morgan fingerprint density at radius 3 is 2.27 bits per heavy atom. The molecule has 2 aromatic rings. The molecule has 0 saturated carbocycles. The number of para-hydroxylation sites is 1. The average Bonchev–Trinajstić information content (AvgIpc) is 2.83. The van der Waals surface area contributed by atoms with Crippen LogP contribution in [0.4, 0.5) is 0 Å². The van der Waals surface area contributed by atoms with E-state index >= 15 is 0 Å². The van der Waals surface area contributed by atoms with Crippen LogP contribution < -0.4 is 5.32 Å². The summed E-state index contributed by atoms with van der Waals surface area (Å²) >= 11 is 0. The predicted octanol–water partition coefficient (Wildman–Crippen LogP) is 3.75. The van der Waals surface area contributed by atoms with Crippen LogP contribution in [0.15, 0.2) is 30.5 Å². The zero-order valence-electron chi connectivity index (χ0n) is 16.8. The number of fused-ring (bicyclic) bond motifs is 1. The molecular weight excluding hydrogens is 360 g/mol. The van der Waals surface area contributed by atoms with Gasteiger partial charge in [0.25, 0.3) is 0 Å². The van der Waals surface area contributed by atoms with Crippen molar-refractivity contribution in [3.63, 3.8) is 0 Å². The van der Waals surface area contributed by atoms with Gasteiger partial charge < -0.3 is 14.0 Å². The first-order valence-electron chi connectivity index (χ1n) is 8.98. The molecule has 0 aliphatic carbocycles. The fraction of sp³-hybridized carbons (Fsp3) is 0.474. The van der Waals surface area contributed by atoms with Crippen LogP contribution in [0.5, 0.6) is 0 Å². The zero-order chi connectivity index (χ0) is 19.7. The first kappa shape index (κ1) is 20.4. The second-order valence-corrected chi connectivity index (χ2v) is 18.0. The van der Waals surface area contributed by atoms with Gasteiger partial charge in [-0.25, -0.2) is 0 Å². The third-order valence-electron chi connectivity index (χ3n) is 4.01. The number of amides is 1. The maximum Gasteiger partial charge on any atom is 0.315 e. The average molecular weight is 391 g/mol. The molecule has 1 amide bonds. The van der Waals surface area contributed by atoms with E-state index in [0.717, 1.165) is 10.9 Å². The monoisotopic (exact) mass is 390 g/mol. The Hall–Kier alpha value is -1.87. The Balaban J connectivity index is 2.42. The molecule has 1 heterocycles. The number of carbonyl (C=O) groups excluding carboxylic acids is 2. The molecule has 0 radical (unpaired) electrons. The summed E-state index contributed by atoms with van der Waals surface area (Å²) in [4.78, 5) is 24.3. The molecule has 0 spiro atoms. The van der Waals surface area contributed by atoms with Gasteiger partial charge in [-0.1, -0.05) is 37.8 Å². The molecule has 0 aliphatic heterocycles. The van der Waals surface area contributed by atoms with Crippen LogP contribution in [0.25, 0.3) is 10.9 Å². The Kier molecular flexibility index (Phi) is 5.82. The molecule has 0 saturated heterocycles. The summed E-state index contributed by atoms with van der Waals surface area (Å²) in [5.41, 5.74) is 2.25. The summed E-state index contributed by atoms with van der Waals surface area (Å²) in [7, 11) is -3.63. The van der Waals surface area contributed by atoms with Crippen molar-refractivity contribution in [2.75, 3.05) is 0 Å². The molecule has 5 nitrogen and oxygen atoms in total. The number of nitrogens with zero attached hydrogens (tertiary/aromatic N) is 1. The highest BCUT2D eigenvalue weighted by molar-refractivity contribution is 6.75. The van der Waals surface area contributed by atoms with E-state index in [2.05, 4.69) is 47.5 Å². The number of carbonyl (C=O) groups is 2. The van der Waals surface area contributed by atoms with E-state index in [4.69, 9.17) is 4.43 Å². The SMILES string of the molecule is CC(=O)NC(Cc1cn([Si](C)(C)C)c2ccccc12)C(=O)O[Si](C)(C)C.